The normalized spacial score (nSPS) is 14.7. The smallest absolute Gasteiger partial charge is 0.462 e. The molecule has 0 saturated heterocycles. The summed E-state index contributed by atoms with van der Waals surface area (Å²) in [7, 11) is -9.91. The van der Waals surface area contributed by atoms with Gasteiger partial charge in [0.25, 0.3) is 0 Å². The monoisotopic (exact) mass is 1350 g/mol. The summed E-state index contributed by atoms with van der Waals surface area (Å²) in [6, 6.07) is 0. The Bertz CT molecular complexity index is 1790. The van der Waals surface area contributed by atoms with E-state index in [0.29, 0.717) is 25.7 Å². The molecule has 92 heavy (non-hydrogen) atoms. The number of unbranched alkanes of at least 4 members (excludes halogenated alkanes) is 40. The molecule has 0 aromatic heterocycles. The van der Waals surface area contributed by atoms with Gasteiger partial charge in [-0.05, 0) is 37.5 Å². The summed E-state index contributed by atoms with van der Waals surface area (Å²) in [4.78, 5) is 72.7. The van der Waals surface area contributed by atoms with Gasteiger partial charge in [-0.1, -0.05) is 324 Å². The van der Waals surface area contributed by atoms with Gasteiger partial charge in [-0.15, -0.1) is 0 Å². The molecule has 0 spiro atoms. The molecule has 19 heteroatoms. The Morgan fingerprint density at radius 3 is 0.772 bits per heavy atom. The van der Waals surface area contributed by atoms with Crippen LogP contribution in [0, 0.1) is 11.8 Å². The first-order chi connectivity index (χ1) is 44.4. The zero-order valence-corrected chi connectivity index (χ0v) is 61.6. The first-order valence-electron chi connectivity index (χ1n) is 38.1. The maximum atomic E-state index is 13.1. The van der Waals surface area contributed by atoms with Gasteiger partial charge < -0.3 is 33.8 Å². The van der Waals surface area contributed by atoms with Crippen LogP contribution in [0.2, 0.25) is 0 Å². The van der Waals surface area contributed by atoms with E-state index >= 15 is 0 Å². The largest absolute Gasteiger partial charge is 0.472 e. The lowest BCUT2D eigenvalue weighted by molar-refractivity contribution is -0.161. The summed E-state index contributed by atoms with van der Waals surface area (Å²) in [5.41, 5.74) is 0. The van der Waals surface area contributed by atoms with E-state index in [4.69, 9.17) is 37.0 Å². The molecule has 0 radical (unpaired) electrons. The summed E-state index contributed by atoms with van der Waals surface area (Å²) in [5.74, 6) is -0.578. The highest BCUT2D eigenvalue weighted by Gasteiger charge is 2.30. The average Bonchev–Trinajstić information content (AvgIpc) is 2.15. The zero-order valence-electron chi connectivity index (χ0n) is 59.9. The molecule has 0 fully saturated rings. The lowest BCUT2D eigenvalue weighted by Crippen LogP contribution is -2.30. The number of ether oxygens (including phenoxy) is 4. The maximum Gasteiger partial charge on any atom is 0.472 e. The Labute approximate surface area is 562 Å². The van der Waals surface area contributed by atoms with Crippen LogP contribution in [0.5, 0.6) is 0 Å². The number of aliphatic hydroxyl groups excluding tert-OH is 1. The van der Waals surface area contributed by atoms with Crippen molar-refractivity contribution in [2.24, 2.45) is 11.8 Å². The van der Waals surface area contributed by atoms with Gasteiger partial charge in [0, 0.05) is 25.7 Å². The van der Waals surface area contributed by atoms with Crippen LogP contribution in [-0.2, 0) is 65.4 Å². The van der Waals surface area contributed by atoms with Crippen LogP contribution in [0.4, 0.5) is 0 Å². The van der Waals surface area contributed by atoms with Crippen LogP contribution in [0.15, 0.2) is 0 Å². The third kappa shape index (κ3) is 64.1. The fraction of sp³-hybridized carbons (Fsp3) is 0.945. The van der Waals surface area contributed by atoms with Gasteiger partial charge in [0.1, 0.15) is 19.3 Å². The van der Waals surface area contributed by atoms with E-state index in [1.807, 2.05) is 0 Å². The van der Waals surface area contributed by atoms with E-state index in [1.54, 1.807) is 0 Å². The van der Waals surface area contributed by atoms with Gasteiger partial charge in [0.15, 0.2) is 12.2 Å². The molecule has 0 bridgehead atoms. The van der Waals surface area contributed by atoms with Crippen molar-refractivity contribution < 1.29 is 80.2 Å². The standard InChI is InChI=1S/C73H142O17P2/c1-7-11-13-15-17-19-21-23-24-25-26-28-34-38-46-52-58-73(78)89-68(61-83-70(75)55-49-43-36-32-30-29-31-35-41-47-53-65(5)9-3)63-87-91(79,80)85-59-67(74)60-86-92(81,82)88-64-69(62-84-71(76)56-50-44-40-39-42-48-54-66(6)10-4)90-72(77)57-51-45-37-33-27-22-20-18-16-14-12-8-2/h65-69,74H,7-64H2,1-6H3,(H,79,80)(H,81,82)/t65?,66?,67-,68-,69-/m1/s1. The van der Waals surface area contributed by atoms with E-state index in [0.717, 1.165) is 108 Å². The van der Waals surface area contributed by atoms with E-state index in [2.05, 4.69) is 41.5 Å². The quantitative estimate of drug-likeness (QED) is 0.0222. The minimum Gasteiger partial charge on any atom is -0.462 e. The number of hydrogen-bond donors (Lipinski definition) is 3. The first kappa shape index (κ1) is 90.1. The van der Waals surface area contributed by atoms with Crippen molar-refractivity contribution in [3.63, 3.8) is 0 Å². The molecule has 0 aliphatic rings. The van der Waals surface area contributed by atoms with Crippen molar-refractivity contribution in [1.29, 1.82) is 0 Å². The number of aliphatic hydroxyl groups is 1. The summed E-state index contributed by atoms with van der Waals surface area (Å²) in [6.07, 6.45) is 51.2. The Morgan fingerprint density at radius 1 is 0.304 bits per heavy atom. The number of phosphoric acid groups is 2. The van der Waals surface area contributed by atoms with Gasteiger partial charge in [-0.2, -0.15) is 0 Å². The molecule has 4 unspecified atom stereocenters. The SMILES string of the molecule is CCCCCCCCCCCCCCCCCCC(=O)O[C@H](COC(=O)CCCCCCCCCCCCC(C)CC)COP(=O)(O)OC[C@@H](O)COP(=O)(O)OC[C@@H](COC(=O)CCCCCCCCC(C)CC)OC(=O)CCCCCCCCCCCCCC. The van der Waals surface area contributed by atoms with Gasteiger partial charge in [0.05, 0.1) is 26.4 Å². The van der Waals surface area contributed by atoms with Crippen molar-refractivity contribution >= 4 is 39.5 Å². The second-order valence-corrected chi connectivity index (χ2v) is 29.7. The van der Waals surface area contributed by atoms with E-state index < -0.39 is 97.5 Å². The van der Waals surface area contributed by atoms with Gasteiger partial charge >= 0.3 is 39.5 Å². The first-order valence-corrected chi connectivity index (χ1v) is 41.1. The molecule has 0 aliphatic carbocycles. The van der Waals surface area contributed by atoms with Crippen LogP contribution in [0.3, 0.4) is 0 Å². The molecule has 0 aliphatic heterocycles. The van der Waals surface area contributed by atoms with Crippen LogP contribution < -0.4 is 0 Å². The summed E-state index contributed by atoms with van der Waals surface area (Å²) < 4.78 is 68.4. The van der Waals surface area contributed by atoms with Crippen molar-refractivity contribution in [2.75, 3.05) is 39.6 Å². The second kappa shape index (κ2) is 65.0. The van der Waals surface area contributed by atoms with Gasteiger partial charge in [-0.3, -0.25) is 37.3 Å². The minimum absolute atomic E-state index is 0.106. The van der Waals surface area contributed by atoms with Gasteiger partial charge in [-0.25, -0.2) is 9.13 Å². The molecule has 546 valence electrons. The minimum atomic E-state index is -4.95. The molecule has 17 nitrogen and oxygen atoms in total. The number of rotatable bonds is 72. The molecule has 0 rings (SSSR count). The highest BCUT2D eigenvalue weighted by molar-refractivity contribution is 7.47. The number of phosphoric ester groups is 2. The van der Waals surface area contributed by atoms with Crippen molar-refractivity contribution in [1.82, 2.24) is 0 Å². The maximum absolute atomic E-state index is 13.1. The summed E-state index contributed by atoms with van der Waals surface area (Å²) in [5, 5.41) is 10.6. The van der Waals surface area contributed by atoms with Crippen molar-refractivity contribution in [3.8, 4) is 0 Å². The van der Waals surface area contributed by atoms with Gasteiger partial charge in [0.2, 0.25) is 0 Å². The molecule has 0 saturated carbocycles. The number of esters is 4. The highest BCUT2D eigenvalue weighted by atomic mass is 31.2. The molecular formula is C73H142O17P2. The molecule has 3 N–H and O–H groups in total. The lowest BCUT2D eigenvalue weighted by atomic mass is 9.99. The van der Waals surface area contributed by atoms with E-state index in [1.165, 1.54) is 186 Å². The Kier molecular flexibility index (Phi) is 63.7. The van der Waals surface area contributed by atoms with E-state index in [-0.39, 0.29) is 25.7 Å². The average molecular weight is 1350 g/mol. The molecule has 0 aromatic rings. The van der Waals surface area contributed by atoms with Crippen LogP contribution in [-0.4, -0.2) is 96.7 Å². The highest BCUT2D eigenvalue weighted by Crippen LogP contribution is 2.45. The fourth-order valence-corrected chi connectivity index (χ4v) is 12.6. The van der Waals surface area contributed by atoms with E-state index in [9.17, 15) is 43.2 Å². The van der Waals surface area contributed by atoms with Crippen LogP contribution in [0.1, 0.15) is 375 Å². The Hall–Kier alpha value is -1.94. The molecule has 0 amide bonds. The predicted molar refractivity (Wildman–Crippen MR) is 372 cm³/mol. The van der Waals surface area contributed by atoms with Crippen molar-refractivity contribution in [2.45, 2.75) is 394 Å². The Balaban J connectivity index is 5.26. The predicted octanol–water partition coefficient (Wildman–Crippen LogP) is 21.2. The Morgan fingerprint density at radius 2 is 0.522 bits per heavy atom. The molecule has 7 atom stereocenters. The number of carbonyl (C=O) groups excluding carboxylic acids is 4. The number of hydrogen-bond acceptors (Lipinski definition) is 15. The summed E-state index contributed by atoms with van der Waals surface area (Å²) in [6.45, 7) is 9.57. The third-order valence-corrected chi connectivity index (χ3v) is 19.6. The third-order valence-electron chi connectivity index (χ3n) is 17.7. The fourth-order valence-electron chi connectivity index (χ4n) is 11.1. The number of carbonyl (C=O) groups is 4. The molecule has 0 heterocycles. The lowest BCUT2D eigenvalue weighted by Gasteiger charge is -2.21. The topological polar surface area (TPSA) is 237 Å². The second-order valence-electron chi connectivity index (χ2n) is 26.8. The van der Waals surface area contributed by atoms with Crippen LogP contribution >= 0.6 is 15.6 Å². The molecular weight excluding hydrogens is 1210 g/mol. The molecule has 0 aromatic carbocycles. The van der Waals surface area contributed by atoms with Crippen molar-refractivity contribution in [3.05, 3.63) is 0 Å². The summed E-state index contributed by atoms with van der Waals surface area (Å²) >= 11 is 0. The zero-order chi connectivity index (χ0) is 67.9. The van der Waals surface area contributed by atoms with Crippen LogP contribution in [0.25, 0.3) is 0 Å².